The van der Waals surface area contributed by atoms with E-state index in [1.807, 2.05) is 34.9 Å². The van der Waals surface area contributed by atoms with Crippen LogP contribution in [0.15, 0.2) is 30.3 Å². The van der Waals surface area contributed by atoms with Crippen LogP contribution in [0.25, 0.3) is 0 Å². The number of amides is 3. The molecule has 36 heavy (non-hydrogen) atoms. The first-order valence-corrected chi connectivity index (χ1v) is 14.1. The van der Waals surface area contributed by atoms with Crippen LogP contribution in [-0.4, -0.2) is 72.3 Å². The fourth-order valence-corrected chi connectivity index (χ4v) is 6.51. The van der Waals surface area contributed by atoms with Gasteiger partial charge in [-0.05, 0) is 69.4 Å². The molecule has 3 aliphatic rings. The molecule has 1 saturated carbocycles. The van der Waals surface area contributed by atoms with E-state index in [9.17, 15) is 14.4 Å². The lowest BCUT2D eigenvalue weighted by atomic mass is 9.83. The maximum absolute atomic E-state index is 14.1. The summed E-state index contributed by atoms with van der Waals surface area (Å²) >= 11 is 0. The number of likely N-dealkylation sites (tertiary alicyclic amines) is 2. The van der Waals surface area contributed by atoms with Gasteiger partial charge in [0.05, 0.1) is 6.04 Å². The predicted octanol–water partition coefficient (Wildman–Crippen LogP) is 3.13. The molecule has 4 atom stereocenters. The Bertz CT molecular complexity index is 882. The third-order valence-electron chi connectivity index (χ3n) is 8.65. The van der Waals surface area contributed by atoms with Crippen molar-refractivity contribution in [3.8, 4) is 0 Å². The third kappa shape index (κ3) is 6.10. The summed E-state index contributed by atoms with van der Waals surface area (Å²) in [7, 11) is 1.78. The monoisotopic (exact) mass is 496 g/mol. The van der Waals surface area contributed by atoms with Gasteiger partial charge in [-0.25, -0.2) is 0 Å². The maximum Gasteiger partial charge on any atom is 0.246 e. The van der Waals surface area contributed by atoms with E-state index in [1.165, 1.54) is 12.0 Å². The highest BCUT2D eigenvalue weighted by atomic mass is 16.2. The number of nitrogens with zero attached hydrogens (tertiary/aromatic N) is 2. The van der Waals surface area contributed by atoms with Crippen LogP contribution in [0.1, 0.15) is 70.3 Å². The standard InChI is InChI=1S/C29H44N4O3/c1-3-24(30-2)27(34)31-25(22-13-8-5-9-14-22)28(35)33-20-17-23-15-10-18-32(29(36)26(23)33)19-16-21-11-6-4-7-12-21/h4,6-7,11-12,22-26,30H,3,5,8-10,13-20H2,1-2H3,(H,31,34)/t23-,24?,25?,26+/m1/s1. The molecule has 7 nitrogen and oxygen atoms in total. The average Bonchev–Trinajstić information content (AvgIpc) is 3.27. The number of likely N-dealkylation sites (N-methyl/N-ethyl adjacent to an activating group) is 1. The molecule has 0 spiro atoms. The molecule has 2 saturated heterocycles. The summed E-state index contributed by atoms with van der Waals surface area (Å²) in [6, 6.07) is 9.01. The van der Waals surface area contributed by atoms with Crippen molar-refractivity contribution in [1.29, 1.82) is 0 Å². The molecule has 1 aliphatic carbocycles. The second kappa shape index (κ2) is 12.7. The first-order valence-electron chi connectivity index (χ1n) is 14.1. The van der Waals surface area contributed by atoms with Gasteiger partial charge in [-0.15, -0.1) is 0 Å². The first-order chi connectivity index (χ1) is 17.5. The van der Waals surface area contributed by atoms with Gasteiger partial charge >= 0.3 is 0 Å². The highest BCUT2D eigenvalue weighted by Crippen LogP contribution is 2.35. The fourth-order valence-electron chi connectivity index (χ4n) is 6.51. The number of fused-ring (bicyclic) bond motifs is 1. The summed E-state index contributed by atoms with van der Waals surface area (Å²) in [5, 5.41) is 6.20. The lowest BCUT2D eigenvalue weighted by Gasteiger charge is -2.36. The number of carbonyl (C=O) groups is 3. The van der Waals surface area contributed by atoms with Crippen LogP contribution in [0, 0.1) is 11.8 Å². The molecule has 1 aromatic rings. The SMILES string of the molecule is CCC(NC)C(=O)NC(C(=O)N1CC[C@H]2CCCN(CCc3ccccc3)C(=O)[C@H]21)C1CCCCC1. The van der Waals surface area contributed by atoms with Crippen molar-refractivity contribution in [3.63, 3.8) is 0 Å². The minimum atomic E-state index is -0.548. The van der Waals surface area contributed by atoms with Crippen molar-refractivity contribution in [2.24, 2.45) is 11.8 Å². The number of benzene rings is 1. The van der Waals surface area contributed by atoms with Crippen molar-refractivity contribution in [2.45, 2.75) is 89.3 Å². The molecule has 3 amide bonds. The quantitative estimate of drug-likeness (QED) is 0.550. The first kappa shape index (κ1) is 26.6. The number of hydrogen-bond donors (Lipinski definition) is 2. The van der Waals surface area contributed by atoms with Gasteiger partial charge < -0.3 is 20.4 Å². The van der Waals surface area contributed by atoms with Crippen LogP contribution in [0.2, 0.25) is 0 Å². The van der Waals surface area contributed by atoms with Gasteiger partial charge in [0.25, 0.3) is 0 Å². The normalized spacial score (nSPS) is 24.7. The molecule has 4 rings (SSSR count). The fraction of sp³-hybridized carbons (Fsp3) is 0.690. The van der Waals surface area contributed by atoms with E-state index in [2.05, 4.69) is 22.8 Å². The van der Waals surface area contributed by atoms with Crippen molar-refractivity contribution in [2.75, 3.05) is 26.7 Å². The van der Waals surface area contributed by atoms with Crippen molar-refractivity contribution in [3.05, 3.63) is 35.9 Å². The maximum atomic E-state index is 14.1. The van der Waals surface area contributed by atoms with Gasteiger partial charge in [-0.3, -0.25) is 14.4 Å². The van der Waals surface area contributed by atoms with E-state index < -0.39 is 12.1 Å². The zero-order chi connectivity index (χ0) is 25.5. The average molecular weight is 497 g/mol. The number of nitrogens with one attached hydrogen (secondary N) is 2. The molecule has 1 aromatic carbocycles. The molecular weight excluding hydrogens is 452 g/mol. The molecule has 2 N–H and O–H groups in total. The second-order valence-electron chi connectivity index (χ2n) is 10.9. The van der Waals surface area contributed by atoms with Crippen LogP contribution >= 0.6 is 0 Å². The van der Waals surface area contributed by atoms with Gasteiger partial charge in [0.2, 0.25) is 17.7 Å². The lowest BCUT2D eigenvalue weighted by Crippen LogP contribution is -2.59. The second-order valence-corrected chi connectivity index (χ2v) is 10.9. The molecule has 7 heteroatoms. The van der Waals surface area contributed by atoms with E-state index >= 15 is 0 Å². The highest BCUT2D eigenvalue weighted by molar-refractivity contribution is 5.94. The molecular formula is C29H44N4O3. The zero-order valence-corrected chi connectivity index (χ0v) is 22.1. The van der Waals surface area contributed by atoms with Crippen LogP contribution in [0.4, 0.5) is 0 Å². The topological polar surface area (TPSA) is 81.8 Å². The van der Waals surface area contributed by atoms with E-state index in [-0.39, 0.29) is 35.6 Å². The molecule has 2 aliphatic heterocycles. The Balaban J connectivity index is 1.51. The summed E-state index contributed by atoms with van der Waals surface area (Å²) in [6.07, 6.45) is 9.57. The summed E-state index contributed by atoms with van der Waals surface area (Å²) in [4.78, 5) is 44.8. The van der Waals surface area contributed by atoms with E-state index in [0.29, 0.717) is 19.5 Å². The minimum absolute atomic E-state index is 0.0491. The van der Waals surface area contributed by atoms with Crippen molar-refractivity contribution in [1.82, 2.24) is 20.4 Å². The summed E-state index contributed by atoms with van der Waals surface area (Å²) in [5.41, 5.74) is 1.22. The molecule has 0 aromatic heterocycles. The number of carbonyl (C=O) groups excluding carboxylic acids is 3. The molecule has 3 fully saturated rings. The summed E-state index contributed by atoms with van der Waals surface area (Å²) < 4.78 is 0. The predicted molar refractivity (Wildman–Crippen MR) is 141 cm³/mol. The lowest BCUT2D eigenvalue weighted by molar-refractivity contribution is -0.147. The molecule has 2 unspecified atom stereocenters. The number of hydrogen-bond acceptors (Lipinski definition) is 4. The van der Waals surface area contributed by atoms with Gasteiger partial charge in [0, 0.05) is 19.6 Å². The summed E-state index contributed by atoms with van der Waals surface area (Å²) in [5.74, 6) is 0.281. The van der Waals surface area contributed by atoms with Crippen molar-refractivity contribution >= 4 is 17.7 Å². The van der Waals surface area contributed by atoms with Gasteiger partial charge in [0.1, 0.15) is 12.1 Å². The zero-order valence-electron chi connectivity index (χ0n) is 22.1. The Morgan fingerprint density at radius 2 is 1.75 bits per heavy atom. The van der Waals surface area contributed by atoms with Crippen LogP contribution < -0.4 is 10.6 Å². The van der Waals surface area contributed by atoms with Gasteiger partial charge in [-0.2, -0.15) is 0 Å². The largest absolute Gasteiger partial charge is 0.343 e. The number of rotatable bonds is 9. The Morgan fingerprint density at radius 1 is 1.00 bits per heavy atom. The van der Waals surface area contributed by atoms with E-state index in [0.717, 1.165) is 57.9 Å². The summed E-state index contributed by atoms with van der Waals surface area (Å²) in [6.45, 7) is 4.01. The van der Waals surface area contributed by atoms with Crippen LogP contribution in [-0.2, 0) is 20.8 Å². The Kier molecular flexibility index (Phi) is 9.41. The third-order valence-corrected chi connectivity index (χ3v) is 8.65. The molecule has 2 heterocycles. The smallest absolute Gasteiger partial charge is 0.246 e. The highest BCUT2D eigenvalue weighted by Gasteiger charge is 2.47. The van der Waals surface area contributed by atoms with E-state index in [1.54, 1.807) is 7.05 Å². The van der Waals surface area contributed by atoms with Crippen molar-refractivity contribution < 1.29 is 14.4 Å². The van der Waals surface area contributed by atoms with Gasteiger partial charge in [-0.1, -0.05) is 56.5 Å². The van der Waals surface area contributed by atoms with Crippen LogP contribution in [0.3, 0.4) is 0 Å². The molecule has 198 valence electrons. The minimum Gasteiger partial charge on any atom is -0.343 e. The van der Waals surface area contributed by atoms with E-state index in [4.69, 9.17) is 0 Å². The van der Waals surface area contributed by atoms with Gasteiger partial charge in [0.15, 0.2) is 0 Å². The molecule has 0 bridgehead atoms. The Morgan fingerprint density at radius 3 is 2.44 bits per heavy atom. The Hall–Kier alpha value is -2.41. The van der Waals surface area contributed by atoms with Crippen LogP contribution in [0.5, 0.6) is 0 Å². The Labute approximate surface area is 216 Å². The molecule has 0 radical (unpaired) electrons.